The maximum Gasteiger partial charge on any atom is 0.250 e. The third-order valence-corrected chi connectivity index (χ3v) is 6.07. The van der Waals surface area contributed by atoms with Gasteiger partial charge in [-0.15, -0.1) is 10.2 Å². The SMILES string of the molecule is O=C(CSc1nnc(-c2ccc(Br)cc2)n1-c1ccccc1)N/N=C\c1ccc(Cl)cc1. The Kier molecular flexibility index (Phi) is 7.36. The molecule has 160 valence electrons. The van der Waals surface area contributed by atoms with Crippen molar-refractivity contribution in [3.8, 4) is 17.1 Å². The van der Waals surface area contributed by atoms with Crippen molar-refractivity contribution >= 4 is 51.4 Å². The van der Waals surface area contributed by atoms with Crippen molar-refractivity contribution in [2.24, 2.45) is 5.10 Å². The van der Waals surface area contributed by atoms with Gasteiger partial charge in [0.15, 0.2) is 11.0 Å². The lowest BCUT2D eigenvalue weighted by atomic mass is 10.2. The number of nitrogens with one attached hydrogen (secondary N) is 1. The van der Waals surface area contributed by atoms with Crippen molar-refractivity contribution in [2.45, 2.75) is 5.16 Å². The van der Waals surface area contributed by atoms with Gasteiger partial charge in [0.25, 0.3) is 5.91 Å². The summed E-state index contributed by atoms with van der Waals surface area (Å²) in [4.78, 5) is 12.3. The molecule has 0 aliphatic rings. The lowest BCUT2D eigenvalue weighted by Gasteiger charge is -2.10. The van der Waals surface area contributed by atoms with Crippen LogP contribution in [-0.4, -0.2) is 32.6 Å². The van der Waals surface area contributed by atoms with Crippen LogP contribution in [0.1, 0.15) is 5.56 Å². The second-order valence-corrected chi connectivity index (χ2v) is 8.91. The number of aromatic nitrogens is 3. The number of amides is 1. The predicted octanol–water partition coefficient (Wildman–Crippen LogP) is 5.59. The second-order valence-electron chi connectivity index (χ2n) is 6.62. The Morgan fingerprint density at radius 2 is 1.75 bits per heavy atom. The van der Waals surface area contributed by atoms with Gasteiger partial charge in [0.1, 0.15) is 0 Å². The number of para-hydroxylation sites is 1. The molecule has 0 saturated heterocycles. The normalized spacial score (nSPS) is 11.1. The second kappa shape index (κ2) is 10.6. The maximum absolute atomic E-state index is 12.3. The van der Waals surface area contributed by atoms with E-state index in [0.29, 0.717) is 16.0 Å². The third-order valence-electron chi connectivity index (χ3n) is 4.36. The lowest BCUT2D eigenvalue weighted by molar-refractivity contribution is -0.118. The van der Waals surface area contributed by atoms with Crippen molar-refractivity contribution in [1.82, 2.24) is 20.2 Å². The quantitative estimate of drug-likeness (QED) is 0.193. The molecule has 0 spiro atoms. The molecule has 0 aliphatic heterocycles. The first-order valence-electron chi connectivity index (χ1n) is 9.57. The summed E-state index contributed by atoms with van der Waals surface area (Å²) in [5.41, 5.74) is 5.21. The summed E-state index contributed by atoms with van der Waals surface area (Å²) >= 11 is 10.6. The topological polar surface area (TPSA) is 72.2 Å². The van der Waals surface area contributed by atoms with E-state index >= 15 is 0 Å². The van der Waals surface area contributed by atoms with Crippen molar-refractivity contribution in [3.63, 3.8) is 0 Å². The Morgan fingerprint density at radius 1 is 1.03 bits per heavy atom. The first-order valence-corrected chi connectivity index (χ1v) is 11.7. The minimum atomic E-state index is -0.243. The summed E-state index contributed by atoms with van der Waals surface area (Å²) in [6.45, 7) is 0. The van der Waals surface area contributed by atoms with Crippen LogP contribution in [0, 0.1) is 0 Å². The van der Waals surface area contributed by atoms with E-state index in [1.807, 2.05) is 71.3 Å². The summed E-state index contributed by atoms with van der Waals surface area (Å²) in [5.74, 6) is 0.601. The lowest BCUT2D eigenvalue weighted by Crippen LogP contribution is -2.20. The van der Waals surface area contributed by atoms with E-state index in [1.54, 1.807) is 18.3 Å². The van der Waals surface area contributed by atoms with Gasteiger partial charge >= 0.3 is 0 Å². The van der Waals surface area contributed by atoms with Crippen LogP contribution in [0.4, 0.5) is 0 Å². The molecule has 3 aromatic carbocycles. The van der Waals surface area contributed by atoms with Crippen molar-refractivity contribution in [2.75, 3.05) is 5.75 Å². The number of benzene rings is 3. The fraction of sp³-hybridized carbons (Fsp3) is 0.0435. The number of thioether (sulfide) groups is 1. The fourth-order valence-electron chi connectivity index (χ4n) is 2.85. The highest BCUT2D eigenvalue weighted by molar-refractivity contribution is 9.10. The molecule has 0 fully saturated rings. The van der Waals surface area contributed by atoms with Crippen LogP contribution in [0.25, 0.3) is 17.1 Å². The molecule has 0 radical (unpaired) electrons. The molecule has 6 nitrogen and oxygen atoms in total. The predicted molar refractivity (Wildman–Crippen MR) is 132 cm³/mol. The molecule has 0 atom stereocenters. The fourth-order valence-corrected chi connectivity index (χ4v) is 3.98. The first kappa shape index (κ1) is 22.3. The van der Waals surface area contributed by atoms with E-state index < -0.39 is 0 Å². The highest BCUT2D eigenvalue weighted by Crippen LogP contribution is 2.28. The van der Waals surface area contributed by atoms with E-state index in [0.717, 1.165) is 21.3 Å². The van der Waals surface area contributed by atoms with E-state index in [2.05, 4.69) is 36.7 Å². The Bertz CT molecular complexity index is 1230. The molecular weight excluding hydrogens is 510 g/mol. The summed E-state index contributed by atoms with van der Waals surface area (Å²) in [7, 11) is 0. The number of hydrogen-bond donors (Lipinski definition) is 1. The number of hydrazone groups is 1. The maximum atomic E-state index is 12.3. The highest BCUT2D eigenvalue weighted by Gasteiger charge is 2.17. The highest BCUT2D eigenvalue weighted by atomic mass is 79.9. The third kappa shape index (κ3) is 5.64. The monoisotopic (exact) mass is 525 g/mol. The number of carbonyl (C=O) groups is 1. The van der Waals surface area contributed by atoms with E-state index in [4.69, 9.17) is 11.6 Å². The van der Waals surface area contributed by atoms with Crippen LogP contribution >= 0.6 is 39.3 Å². The first-order chi connectivity index (χ1) is 15.6. The zero-order chi connectivity index (χ0) is 22.3. The number of carbonyl (C=O) groups excluding carboxylic acids is 1. The summed E-state index contributed by atoms with van der Waals surface area (Å²) in [6, 6.07) is 24.8. The van der Waals surface area contributed by atoms with E-state index in [-0.39, 0.29) is 11.7 Å². The van der Waals surface area contributed by atoms with Crippen LogP contribution in [0.15, 0.2) is 93.6 Å². The van der Waals surface area contributed by atoms with E-state index in [9.17, 15) is 4.79 Å². The Morgan fingerprint density at radius 3 is 2.47 bits per heavy atom. The minimum absolute atomic E-state index is 0.142. The van der Waals surface area contributed by atoms with Gasteiger partial charge in [0.05, 0.1) is 12.0 Å². The van der Waals surface area contributed by atoms with Gasteiger partial charge in [-0.1, -0.05) is 81.8 Å². The van der Waals surface area contributed by atoms with Gasteiger partial charge < -0.3 is 0 Å². The molecule has 1 N–H and O–H groups in total. The molecular formula is C23H17BrClN5OS. The van der Waals surface area contributed by atoms with E-state index in [1.165, 1.54) is 11.8 Å². The molecule has 0 unspecified atom stereocenters. The summed E-state index contributed by atoms with van der Waals surface area (Å²) in [5, 5.41) is 14.0. The van der Waals surface area contributed by atoms with Gasteiger partial charge in [0.2, 0.25) is 0 Å². The Labute approximate surface area is 202 Å². The summed E-state index contributed by atoms with van der Waals surface area (Å²) < 4.78 is 2.93. The summed E-state index contributed by atoms with van der Waals surface area (Å²) in [6.07, 6.45) is 1.57. The number of nitrogens with zero attached hydrogens (tertiary/aromatic N) is 4. The van der Waals surface area contributed by atoms with Crippen LogP contribution < -0.4 is 5.43 Å². The van der Waals surface area contributed by atoms with Gasteiger partial charge in [0, 0.05) is 20.7 Å². The molecule has 1 heterocycles. The Hall–Kier alpha value is -2.94. The van der Waals surface area contributed by atoms with Crippen LogP contribution in [0.5, 0.6) is 0 Å². The van der Waals surface area contributed by atoms with Crippen LogP contribution in [0.2, 0.25) is 5.02 Å². The number of halogens is 2. The zero-order valence-corrected chi connectivity index (χ0v) is 19.8. The van der Waals surface area contributed by atoms with Crippen molar-refractivity contribution < 1.29 is 4.79 Å². The molecule has 4 rings (SSSR count). The molecule has 0 bridgehead atoms. The van der Waals surface area contributed by atoms with Crippen LogP contribution in [-0.2, 0) is 4.79 Å². The molecule has 9 heteroatoms. The standard InChI is InChI=1S/C23H17BrClN5OS/c24-18-10-8-17(9-11-18)22-28-29-23(30(22)20-4-2-1-3-5-20)32-15-21(31)27-26-14-16-6-12-19(25)13-7-16/h1-14H,15H2,(H,27,31)/b26-14-. The molecule has 4 aromatic rings. The minimum Gasteiger partial charge on any atom is -0.272 e. The van der Waals surface area contributed by atoms with Gasteiger partial charge in [-0.05, 0) is 42.0 Å². The van der Waals surface area contributed by atoms with Crippen molar-refractivity contribution in [1.29, 1.82) is 0 Å². The number of rotatable bonds is 7. The van der Waals surface area contributed by atoms with Gasteiger partial charge in [-0.2, -0.15) is 5.10 Å². The van der Waals surface area contributed by atoms with Crippen LogP contribution in [0.3, 0.4) is 0 Å². The van der Waals surface area contributed by atoms with Gasteiger partial charge in [-0.25, -0.2) is 5.43 Å². The molecule has 0 saturated carbocycles. The number of hydrogen-bond acceptors (Lipinski definition) is 5. The van der Waals surface area contributed by atoms with Crippen molar-refractivity contribution in [3.05, 3.63) is 93.9 Å². The average Bonchev–Trinajstić information content (AvgIpc) is 3.24. The molecule has 0 aliphatic carbocycles. The molecule has 1 aromatic heterocycles. The smallest absolute Gasteiger partial charge is 0.250 e. The van der Waals surface area contributed by atoms with Gasteiger partial charge in [-0.3, -0.25) is 9.36 Å². The largest absolute Gasteiger partial charge is 0.272 e. The Balaban J connectivity index is 1.49. The molecule has 1 amide bonds. The molecule has 32 heavy (non-hydrogen) atoms. The zero-order valence-electron chi connectivity index (χ0n) is 16.7. The average molecular weight is 527 g/mol.